The Morgan fingerprint density at radius 1 is 1.11 bits per heavy atom. The Bertz CT molecular complexity index is 574. The first-order chi connectivity index (χ1) is 9.25. The molecule has 1 aromatic rings. The van der Waals surface area contributed by atoms with Crippen molar-refractivity contribution in [2.45, 2.75) is 0 Å². The van der Waals surface area contributed by atoms with Gasteiger partial charge in [-0.3, -0.25) is 0 Å². The lowest BCUT2D eigenvalue weighted by Gasteiger charge is -2.21. The number of hydrogen-bond donors (Lipinski definition) is 3. The highest BCUT2D eigenvalue weighted by Gasteiger charge is 2.17. The Morgan fingerprint density at radius 3 is 2.37 bits per heavy atom. The van der Waals surface area contributed by atoms with Crippen molar-refractivity contribution in [1.29, 1.82) is 0 Å². The van der Waals surface area contributed by atoms with Crippen LogP contribution in [0.3, 0.4) is 0 Å². The molecule has 0 bridgehead atoms. The summed E-state index contributed by atoms with van der Waals surface area (Å²) in [5.41, 5.74) is 13.5. The Balaban J connectivity index is 2.01. The van der Waals surface area contributed by atoms with E-state index in [9.17, 15) is 0 Å². The van der Waals surface area contributed by atoms with E-state index in [1.807, 2.05) is 18.2 Å². The number of rotatable bonds is 3. The van der Waals surface area contributed by atoms with Gasteiger partial charge in [-0.05, 0) is 18.2 Å². The summed E-state index contributed by atoms with van der Waals surface area (Å²) in [6.45, 7) is 0. The van der Waals surface area contributed by atoms with Gasteiger partial charge in [-0.25, -0.2) is 10.0 Å². The van der Waals surface area contributed by atoms with E-state index < -0.39 is 0 Å². The number of hydrogen-bond acceptors (Lipinski definition) is 7. The molecule has 3 rings (SSSR count). The molecule has 0 aromatic heterocycles. The number of nitrogens with two attached hydrogens (primary N) is 1. The van der Waals surface area contributed by atoms with Crippen molar-refractivity contribution in [3.63, 3.8) is 0 Å². The largest absolute Gasteiger partial charge is 0.395 e. The second-order valence-corrected chi connectivity index (χ2v) is 4.23. The van der Waals surface area contributed by atoms with E-state index in [0.717, 1.165) is 16.9 Å². The van der Waals surface area contributed by atoms with E-state index in [2.05, 4.69) is 11.2 Å². The molecule has 98 valence electrons. The smallest absolute Gasteiger partial charge is 0.131 e. The van der Waals surface area contributed by atoms with Crippen LogP contribution >= 0.6 is 12.2 Å². The maximum Gasteiger partial charge on any atom is 0.131 e. The van der Waals surface area contributed by atoms with Gasteiger partial charge < -0.3 is 15.4 Å². The Hall–Kier alpha value is -2.29. The molecule has 2 aliphatic rings. The first-order valence-corrected chi connectivity index (χ1v) is 5.85. The van der Waals surface area contributed by atoms with Crippen LogP contribution in [0.2, 0.25) is 0 Å². The number of thiocarbonyl (C=S) groups is 1. The highest BCUT2D eigenvalue weighted by atomic mass is 32.1. The lowest BCUT2D eigenvalue weighted by Crippen LogP contribution is -2.31. The summed E-state index contributed by atoms with van der Waals surface area (Å²) in [6, 6.07) is 5.62. The van der Waals surface area contributed by atoms with E-state index in [1.165, 1.54) is 12.5 Å². The van der Waals surface area contributed by atoms with Crippen molar-refractivity contribution in [1.82, 2.24) is 11.2 Å². The minimum atomic E-state index is 0.310. The molecular formula is C11H11N5O2S. The van der Waals surface area contributed by atoms with Crippen LogP contribution in [0.5, 0.6) is 0 Å². The minimum Gasteiger partial charge on any atom is -0.395 e. The fraction of sp³-hybridized carbons (Fsp3) is 0. The van der Waals surface area contributed by atoms with Crippen LogP contribution in [0.4, 0.5) is 11.4 Å². The second kappa shape index (κ2) is 4.76. The van der Waals surface area contributed by atoms with Crippen LogP contribution in [0, 0.1) is 0 Å². The number of nitrogens with one attached hydrogen (secondary N) is 2. The average molecular weight is 277 g/mol. The molecule has 0 atom stereocenters. The van der Waals surface area contributed by atoms with Crippen LogP contribution in [0.1, 0.15) is 5.56 Å². The van der Waals surface area contributed by atoms with E-state index in [0.29, 0.717) is 4.99 Å². The van der Waals surface area contributed by atoms with E-state index in [-0.39, 0.29) is 0 Å². The average Bonchev–Trinajstić information content (AvgIpc) is 3.11. The highest BCUT2D eigenvalue weighted by Crippen LogP contribution is 2.28. The molecule has 0 saturated carbocycles. The predicted octanol–water partition coefficient (Wildman–Crippen LogP) is 0.776. The zero-order chi connectivity index (χ0) is 13.2. The minimum absolute atomic E-state index is 0.310. The quantitative estimate of drug-likeness (QED) is 0.700. The molecule has 0 radical (unpaired) electrons. The van der Waals surface area contributed by atoms with Crippen LogP contribution < -0.4 is 26.9 Å². The monoisotopic (exact) mass is 277 g/mol. The van der Waals surface area contributed by atoms with Gasteiger partial charge in [0.1, 0.15) is 17.5 Å². The summed E-state index contributed by atoms with van der Waals surface area (Å²) in [6.07, 6.45) is 6.54. The van der Waals surface area contributed by atoms with Gasteiger partial charge in [0.2, 0.25) is 0 Å². The zero-order valence-electron chi connectivity index (χ0n) is 9.74. The van der Waals surface area contributed by atoms with Crippen LogP contribution in [-0.4, -0.2) is 4.99 Å². The number of benzene rings is 1. The lowest BCUT2D eigenvalue weighted by atomic mass is 10.1. The predicted molar refractivity (Wildman–Crippen MR) is 74.0 cm³/mol. The van der Waals surface area contributed by atoms with Gasteiger partial charge in [0.05, 0.1) is 23.8 Å². The van der Waals surface area contributed by atoms with Gasteiger partial charge in [-0.2, -0.15) is 0 Å². The molecule has 4 N–H and O–H groups in total. The topological polar surface area (TPSA) is 75.0 Å². The summed E-state index contributed by atoms with van der Waals surface area (Å²) in [7, 11) is 0. The van der Waals surface area contributed by atoms with Gasteiger partial charge in [0.15, 0.2) is 0 Å². The van der Waals surface area contributed by atoms with Crippen LogP contribution in [0.25, 0.3) is 0 Å². The molecule has 0 aliphatic carbocycles. The fourth-order valence-corrected chi connectivity index (χ4v) is 1.94. The zero-order valence-corrected chi connectivity index (χ0v) is 10.6. The first-order valence-electron chi connectivity index (χ1n) is 5.44. The van der Waals surface area contributed by atoms with Crippen LogP contribution in [0.15, 0.2) is 43.1 Å². The van der Waals surface area contributed by atoms with Crippen molar-refractivity contribution in [3.8, 4) is 0 Å². The van der Waals surface area contributed by atoms with E-state index in [1.54, 1.807) is 22.4 Å². The molecule has 8 heteroatoms. The van der Waals surface area contributed by atoms with Crippen molar-refractivity contribution in [2.24, 2.45) is 5.73 Å². The van der Waals surface area contributed by atoms with E-state index >= 15 is 0 Å². The van der Waals surface area contributed by atoms with Gasteiger partial charge in [-0.1, -0.05) is 23.4 Å². The molecule has 0 fully saturated rings. The summed E-state index contributed by atoms with van der Waals surface area (Å²) in [5, 5.41) is 3.39. The Kier molecular flexibility index (Phi) is 2.95. The van der Waals surface area contributed by atoms with Gasteiger partial charge in [0, 0.05) is 5.56 Å². The molecular weight excluding hydrogens is 266 g/mol. The fourth-order valence-electron chi connectivity index (χ4n) is 1.76. The maximum absolute atomic E-state index is 5.73. The van der Waals surface area contributed by atoms with Crippen molar-refractivity contribution in [2.75, 3.05) is 10.0 Å². The Morgan fingerprint density at radius 2 is 1.79 bits per heavy atom. The van der Waals surface area contributed by atoms with Gasteiger partial charge in [0.25, 0.3) is 0 Å². The molecule has 0 saturated heterocycles. The normalized spacial score (nSPS) is 16.6. The molecule has 1 aromatic carbocycles. The third-order valence-electron chi connectivity index (χ3n) is 2.64. The first kappa shape index (κ1) is 11.8. The summed E-state index contributed by atoms with van der Waals surface area (Å²) in [4.78, 5) is 10.2. The second-order valence-electron chi connectivity index (χ2n) is 3.79. The molecule has 0 spiro atoms. The molecule has 19 heavy (non-hydrogen) atoms. The van der Waals surface area contributed by atoms with Gasteiger partial charge in [-0.15, -0.1) is 0 Å². The van der Waals surface area contributed by atoms with Crippen molar-refractivity contribution < 1.29 is 9.68 Å². The molecule has 2 aliphatic heterocycles. The van der Waals surface area contributed by atoms with E-state index in [4.69, 9.17) is 27.6 Å². The molecule has 0 amide bonds. The highest BCUT2D eigenvalue weighted by molar-refractivity contribution is 7.80. The Labute approximate surface area is 114 Å². The summed E-state index contributed by atoms with van der Waals surface area (Å²) in [5.74, 6) is 0. The SMILES string of the molecule is NC(=S)c1ccc(N2C=CON2)cc1N1C=CON1. The summed E-state index contributed by atoms with van der Waals surface area (Å²) >= 11 is 5.05. The van der Waals surface area contributed by atoms with Gasteiger partial charge >= 0.3 is 0 Å². The number of hydrazine groups is 2. The number of anilines is 2. The van der Waals surface area contributed by atoms with Crippen molar-refractivity contribution >= 4 is 28.6 Å². The standard InChI is InChI=1S/C11H11N5O2S/c12-11(19)9-2-1-8(15-3-5-17-13-15)7-10(9)16-4-6-18-14-16/h1-7,13-14H,(H2,12,19). The third kappa shape index (κ3) is 2.19. The van der Waals surface area contributed by atoms with Crippen LogP contribution in [-0.2, 0) is 9.68 Å². The third-order valence-corrected chi connectivity index (χ3v) is 2.86. The van der Waals surface area contributed by atoms with Crippen molar-refractivity contribution in [3.05, 3.63) is 48.7 Å². The number of nitrogens with zero attached hydrogens (tertiary/aromatic N) is 2. The lowest BCUT2D eigenvalue weighted by molar-refractivity contribution is 0.158. The molecule has 7 nitrogen and oxygen atoms in total. The molecule has 2 heterocycles. The summed E-state index contributed by atoms with van der Waals surface area (Å²) < 4.78 is 0. The molecule has 0 unspecified atom stereocenters. The maximum atomic E-state index is 5.73.